The molecule has 14 N–H and O–H groups in total. The first kappa shape index (κ1) is 99.2. The van der Waals surface area contributed by atoms with Crippen LogP contribution in [0.5, 0.6) is 5.75 Å². The van der Waals surface area contributed by atoms with E-state index in [1.54, 1.807) is 126 Å². The number of hydrogen-bond donors (Lipinski definition) is 13. The van der Waals surface area contributed by atoms with E-state index >= 15 is 24.0 Å². The van der Waals surface area contributed by atoms with E-state index in [1.165, 1.54) is 61.3 Å². The van der Waals surface area contributed by atoms with Crippen molar-refractivity contribution >= 4 is 112 Å². The maximum atomic E-state index is 15.3. The van der Waals surface area contributed by atoms with E-state index in [-0.39, 0.29) is 92.4 Å². The summed E-state index contributed by atoms with van der Waals surface area (Å²) in [5, 5.41) is 60.6. The van der Waals surface area contributed by atoms with Gasteiger partial charge in [0.2, 0.25) is 70.9 Å². The number of H-pyrrole nitrogens is 1. The smallest absolute Gasteiger partial charge is 0.305 e. The first-order chi connectivity index (χ1) is 59.9. The van der Waals surface area contributed by atoms with E-state index < -0.39 is 211 Å². The van der Waals surface area contributed by atoms with E-state index in [4.69, 9.17) is 5.73 Å². The summed E-state index contributed by atoms with van der Waals surface area (Å²) in [5.74, 6) is -16.2. The van der Waals surface area contributed by atoms with Gasteiger partial charge in [0.15, 0.2) is 11.6 Å². The number of aliphatic hydroxyl groups is 1. The second-order valence-electron chi connectivity index (χ2n) is 33.0. The summed E-state index contributed by atoms with van der Waals surface area (Å²) in [6.07, 6.45) is -1.07. The Bertz CT molecular complexity index is 4820. The average Bonchev–Trinajstić information content (AvgIpc) is 1.41. The number of aliphatic carboxylic acids is 2. The fraction of sp³-hybridized carbons (Fsp3) is 0.478. The summed E-state index contributed by atoms with van der Waals surface area (Å²) in [4.78, 5) is 221. The van der Waals surface area contributed by atoms with Gasteiger partial charge < -0.3 is 97.7 Å². The normalized spacial score (nSPS) is 17.0. The highest BCUT2D eigenvalue weighted by atomic mass is 32.2. The zero-order valence-corrected chi connectivity index (χ0v) is 73.0. The number of unbranched alkanes of at least 4 members (excludes halogenated alkanes) is 1. The van der Waals surface area contributed by atoms with Crippen molar-refractivity contribution in [2.45, 2.75) is 216 Å². The number of halogens is 2. The Hall–Kier alpha value is -12.2. The van der Waals surface area contributed by atoms with Gasteiger partial charge in [-0.2, -0.15) is 0 Å². The van der Waals surface area contributed by atoms with Crippen molar-refractivity contribution in [1.82, 2.24) is 66.7 Å². The Labute approximate surface area is 734 Å². The van der Waals surface area contributed by atoms with Crippen LogP contribution in [0.1, 0.15) is 127 Å². The fourth-order valence-corrected chi connectivity index (χ4v) is 16.3. The van der Waals surface area contributed by atoms with Crippen molar-refractivity contribution in [3.8, 4) is 5.75 Å². The number of phenols is 1. The summed E-state index contributed by atoms with van der Waals surface area (Å²) in [5.41, 5.74) is 9.10. The quantitative estimate of drug-likeness (QED) is 0.0243. The number of carbonyl (C=O) groups excluding carboxylic acids is 13. The SMILES string of the molecule is CCCC[C@@H](C(=O)N1CCC[C@@H]1C(=O)N[C@H](C=O)CC(=O)O)N(C)C(=O)C(Cc1ccccc1)N(C)C(=O)[C@H](Cc1ccc(F)c(F)c1)NC(=O)CSC[C@@H](C)NC(=O)[C@H](CC(C)C)NC(=O)[C@H](Cc1ccc(O)cc1)NC(=O)[C@H](Cc1c[nH]c2ccccc12)NC(=O)C1C[C@@H](O)CN1C(=O)[C@H](CC(=O)O)NC(=O)[C@H](Cc1ccccc1)N(C)C(=O)[C@@H](N)C(C)C. The Kier molecular flexibility index (Phi) is 37.2. The summed E-state index contributed by atoms with van der Waals surface area (Å²) >= 11 is 1.02. The number of aromatic amines is 1. The van der Waals surface area contributed by atoms with Crippen LogP contribution >= 0.6 is 11.8 Å². The third-order valence-corrected chi connectivity index (χ3v) is 23.6. The number of nitrogens with two attached hydrogens (primary N) is 1. The average molecular weight is 1770 g/mol. The van der Waals surface area contributed by atoms with Crippen LogP contribution < -0.4 is 43.0 Å². The monoisotopic (exact) mass is 1770 g/mol. The van der Waals surface area contributed by atoms with Crippen LogP contribution in [-0.2, 0) is 104 Å². The van der Waals surface area contributed by atoms with Crippen molar-refractivity contribution in [3.63, 3.8) is 0 Å². The number of aromatic nitrogens is 1. The van der Waals surface area contributed by atoms with E-state index in [2.05, 4.69) is 42.2 Å². The molecule has 14 atom stereocenters. The number of hydrogen-bond acceptors (Lipinski definition) is 19. The van der Waals surface area contributed by atoms with Crippen LogP contribution in [0.25, 0.3) is 10.9 Å². The second kappa shape index (κ2) is 47.2. The number of likely N-dealkylation sites (tertiary alicyclic amines) is 2. The van der Waals surface area contributed by atoms with Gasteiger partial charge in [0.1, 0.15) is 72.5 Å². The summed E-state index contributed by atoms with van der Waals surface area (Å²) in [6, 6.07) is 15.2. The van der Waals surface area contributed by atoms with Gasteiger partial charge in [0.05, 0.1) is 36.8 Å². The molecule has 33 nitrogen and oxygen atoms in total. The number of nitrogens with zero attached hydrogens (tertiary/aromatic N) is 5. The molecule has 2 unspecified atom stereocenters. The number of β-amino-alcohol motifs (C(OH)–C–C–N with tert-alkyl or cyclic N) is 1. The number of aromatic hydroxyl groups is 1. The van der Waals surface area contributed by atoms with E-state index in [0.717, 1.165) is 38.6 Å². The minimum Gasteiger partial charge on any atom is -0.508 e. The second-order valence-corrected chi connectivity index (χ2v) is 34.1. The zero-order chi connectivity index (χ0) is 92.3. The van der Waals surface area contributed by atoms with Crippen molar-refractivity contribution < 1.29 is 101 Å². The van der Waals surface area contributed by atoms with Crippen LogP contribution in [0.15, 0.2) is 134 Å². The van der Waals surface area contributed by atoms with Gasteiger partial charge in [-0.05, 0) is 103 Å². The van der Waals surface area contributed by atoms with Gasteiger partial charge in [0, 0.05) is 102 Å². The summed E-state index contributed by atoms with van der Waals surface area (Å²) < 4.78 is 29.4. The molecule has 0 saturated carbocycles. The van der Waals surface area contributed by atoms with E-state index in [9.17, 15) is 77.2 Å². The van der Waals surface area contributed by atoms with E-state index in [0.29, 0.717) is 52.4 Å². The van der Waals surface area contributed by atoms with Crippen LogP contribution in [0, 0.1) is 23.5 Å². The van der Waals surface area contributed by atoms with Crippen molar-refractivity contribution in [2.75, 3.05) is 45.7 Å². The molecule has 3 heterocycles. The summed E-state index contributed by atoms with van der Waals surface area (Å²) in [6.45, 7) is 10.1. The molecule has 1 aromatic heterocycles. The first-order valence-corrected chi connectivity index (χ1v) is 43.3. The molecule has 5 aromatic carbocycles. The molecular weight excluding hydrogens is 1650 g/mol. The number of fused-ring (bicyclic) bond motifs is 1. The Morgan fingerprint density at radius 3 is 1.74 bits per heavy atom. The number of phenolic OH excluding ortho intramolecular Hbond substituents is 1. The highest BCUT2D eigenvalue weighted by molar-refractivity contribution is 8.00. The Balaban J connectivity index is 0.987. The summed E-state index contributed by atoms with van der Waals surface area (Å²) in [7, 11) is 4.08. The predicted octanol–water partition coefficient (Wildman–Crippen LogP) is 3.61. The molecule has 0 aliphatic carbocycles. The lowest BCUT2D eigenvalue weighted by Crippen LogP contribution is -2.60. The number of benzene rings is 5. The molecule has 0 bridgehead atoms. The van der Waals surface area contributed by atoms with Gasteiger partial charge in [-0.15, -0.1) is 11.8 Å². The predicted molar refractivity (Wildman–Crippen MR) is 464 cm³/mol. The lowest BCUT2D eigenvalue weighted by molar-refractivity contribution is -0.152. The molecule has 8 rings (SSSR count). The number of aldehydes is 1. The molecule has 2 aliphatic rings. The molecular formula is C90H116F2N14O19S. The topological polar surface area (TPSA) is 479 Å². The van der Waals surface area contributed by atoms with Crippen molar-refractivity contribution in [3.05, 3.63) is 173 Å². The van der Waals surface area contributed by atoms with Gasteiger partial charge in [-0.25, -0.2) is 8.78 Å². The van der Waals surface area contributed by atoms with Gasteiger partial charge in [0.25, 0.3) is 0 Å². The third kappa shape index (κ3) is 28.2. The zero-order valence-electron chi connectivity index (χ0n) is 72.1. The van der Waals surface area contributed by atoms with Gasteiger partial charge in [-0.3, -0.25) is 67.1 Å². The molecule has 2 aliphatic heterocycles. The van der Waals surface area contributed by atoms with Crippen LogP contribution in [0.2, 0.25) is 0 Å². The van der Waals surface area contributed by atoms with E-state index in [1.807, 2.05) is 6.92 Å². The van der Waals surface area contributed by atoms with Crippen LogP contribution in [0.3, 0.4) is 0 Å². The molecule has 12 amide bonds. The molecule has 0 radical (unpaired) electrons. The van der Waals surface area contributed by atoms with Gasteiger partial charge >= 0.3 is 11.9 Å². The standard InChI is InChI=1S/C90H116F2N14O19S/c1-10-11-27-72(89(124)105-35-20-28-71(105)83(118)96-59(48-107)43-77(111)112)102(7)88(123)75(41-55-23-16-13-17-24-55)104(9)86(121)69(39-57-31-34-63(91)64(92)37-57)97-76(110)50-126-49-53(6)95-80(115)66(36-51(2)3)98-81(116)67(38-56-29-32-60(108)33-30-56)99-82(117)68(42-58-46-94-65-26-19-18-25-62(58)65)100-85(120)74-44-61(109)47-106(74)87(122)70(45-78(113)114)101-84(119)73(40-54-21-14-12-15-22-54)103(8)90(125)79(93)52(4)5/h12-19,21-26,29-34,37,46,48,51-53,59,61,66-75,79,94,108-109H,10-11,20,27-28,35-36,38-45,47,49-50,93H2,1-9H3,(H,95,115)(H,96,118)(H,97,110)(H,98,116)(H,99,117)(H,100,120)(H,101,119)(H,111,112)(H,113,114)/t53-,59+,61-,66+,67+,68+,69+,70+,71-,72+,73+,74?,75?,79+/m1/s1. The molecule has 126 heavy (non-hydrogen) atoms. The highest BCUT2D eigenvalue weighted by Gasteiger charge is 2.47. The van der Waals surface area contributed by atoms with Crippen molar-refractivity contribution in [2.24, 2.45) is 17.6 Å². The maximum Gasteiger partial charge on any atom is 0.305 e. The molecule has 680 valence electrons. The maximum absolute atomic E-state index is 15.3. The number of para-hydroxylation sites is 1. The third-order valence-electron chi connectivity index (χ3n) is 22.4. The largest absolute Gasteiger partial charge is 0.508 e. The fourth-order valence-electron chi connectivity index (χ4n) is 15.4. The number of rotatable bonds is 46. The number of thioether (sulfide) groups is 1. The highest BCUT2D eigenvalue weighted by Crippen LogP contribution is 2.28. The Morgan fingerprint density at radius 2 is 1.13 bits per heavy atom. The lowest BCUT2D eigenvalue weighted by Gasteiger charge is -2.38. The molecule has 2 fully saturated rings. The molecule has 2 saturated heterocycles. The van der Waals surface area contributed by atoms with Crippen LogP contribution in [-0.4, -0.2) is 269 Å². The number of amides is 12. The lowest BCUT2D eigenvalue weighted by atomic mass is 9.99. The number of nitrogens with one attached hydrogen (secondary N) is 8. The van der Waals surface area contributed by atoms with Crippen molar-refractivity contribution in [1.29, 1.82) is 0 Å². The Morgan fingerprint density at radius 1 is 0.571 bits per heavy atom. The minimum absolute atomic E-state index is 0.0341. The van der Waals surface area contributed by atoms with Gasteiger partial charge in [-0.1, -0.05) is 145 Å². The number of aliphatic hydroxyl groups excluding tert-OH is 1. The minimum atomic E-state index is -1.88. The number of likely N-dealkylation sites (N-methyl/N-ethyl adjacent to an activating group) is 3. The first-order valence-electron chi connectivity index (χ1n) is 42.1. The van der Waals surface area contributed by atoms with Crippen LogP contribution in [0.4, 0.5) is 8.78 Å². The molecule has 0 spiro atoms. The number of carbonyl (C=O) groups is 15. The molecule has 36 heteroatoms. The number of carboxylic acids is 2. The molecule has 6 aromatic rings. The number of carboxylic acid groups (broad SMARTS) is 2.